The number of guanidine groups is 1. The van der Waals surface area contributed by atoms with Crippen LogP contribution in [0, 0.1) is 5.92 Å². The molecular weight excluding hydrogens is 312 g/mol. The lowest BCUT2D eigenvalue weighted by Crippen LogP contribution is -2.38. The van der Waals surface area contributed by atoms with Crippen LogP contribution in [0.3, 0.4) is 0 Å². The molecule has 5 heteroatoms. The number of nitrogens with one attached hydrogen (secondary N) is 2. The molecule has 0 aliphatic carbocycles. The summed E-state index contributed by atoms with van der Waals surface area (Å²) in [4.78, 5) is 7.36. The number of rotatable bonds is 9. The van der Waals surface area contributed by atoms with E-state index >= 15 is 0 Å². The lowest BCUT2D eigenvalue weighted by atomic mass is 10.1. The Bertz CT molecular complexity index is 532. The fourth-order valence-corrected chi connectivity index (χ4v) is 3.37. The molecule has 1 saturated heterocycles. The molecule has 1 aromatic rings. The fraction of sp³-hybridized carbons (Fsp3) is 0.650. The number of likely N-dealkylation sites (tertiary alicyclic amines) is 1. The topological polar surface area (TPSA) is 48.9 Å². The van der Waals surface area contributed by atoms with Crippen LogP contribution in [0.4, 0.5) is 0 Å². The smallest absolute Gasteiger partial charge is 0.191 e. The maximum Gasteiger partial charge on any atom is 0.191 e. The standard InChI is InChI=1S/C20H34N4O/c1-4-13-24-14-11-17(16-24)15-23-20(21-5-2)22-12-10-18-8-6-7-9-19(18)25-3/h6-9,17H,4-5,10-16H2,1-3H3,(H2,21,22,23). The van der Waals surface area contributed by atoms with Gasteiger partial charge in [0.05, 0.1) is 7.11 Å². The zero-order valence-corrected chi connectivity index (χ0v) is 16.1. The minimum Gasteiger partial charge on any atom is -0.496 e. The summed E-state index contributed by atoms with van der Waals surface area (Å²) in [5.74, 6) is 2.57. The van der Waals surface area contributed by atoms with Gasteiger partial charge in [-0.3, -0.25) is 4.99 Å². The van der Waals surface area contributed by atoms with Crippen LogP contribution < -0.4 is 15.4 Å². The van der Waals surface area contributed by atoms with Gasteiger partial charge >= 0.3 is 0 Å². The molecule has 5 nitrogen and oxygen atoms in total. The van der Waals surface area contributed by atoms with E-state index in [1.807, 2.05) is 12.1 Å². The Morgan fingerprint density at radius 1 is 1.28 bits per heavy atom. The molecule has 1 aliphatic rings. The van der Waals surface area contributed by atoms with Crippen LogP contribution in [0.25, 0.3) is 0 Å². The van der Waals surface area contributed by atoms with E-state index in [0.717, 1.165) is 37.8 Å². The average molecular weight is 347 g/mol. The van der Waals surface area contributed by atoms with Crippen molar-refractivity contribution in [2.75, 3.05) is 46.4 Å². The first-order chi connectivity index (χ1) is 12.3. The zero-order valence-electron chi connectivity index (χ0n) is 16.1. The van der Waals surface area contributed by atoms with Crippen LogP contribution in [0.1, 0.15) is 32.3 Å². The van der Waals surface area contributed by atoms with E-state index in [1.54, 1.807) is 7.11 Å². The quantitative estimate of drug-likeness (QED) is 0.533. The third-order valence-corrected chi connectivity index (χ3v) is 4.64. The highest BCUT2D eigenvalue weighted by molar-refractivity contribution is 5.79. The van der Waals surface area contributed by atoms with E-state index < -0.39 is 0 Å². The maximum atomic E-state index is 5.42. The predicted molar refractivity (Wildman–Crippen MR) is 106 cm³/mol. The van der Waals surface area contributed by atoms with E-state index in [9.17, 15) is 0 Å². The number of ether oxygens (including phenoxy) is 1. The number of benzene rings is 1. The Balaban J connectivity index is 1.79. The van der Waals surface area contributed by atoms with Crippen molar-refractivity contribution in [2.24, 2.45) is 10.9 Å². The van der Waals surface area contributed by atoms with Crippen molar-refractivity contribution in [1.82, 2.24) is 15.5 Å². The van der Waals surface area contributed by atoms with Gasteiger partial charge in [-0.15, -0.1) is 0 Å². The van der Waals surface area contributed by atoms with E-state index in [-0.39, 0.29) is 0 Å². The molecule has 0 bridgehead atoms. The molecule has 0 saturated carbocycles. The minimum absolute atomic E-state index is 0.691. The normalized spacial score (nSPS) is 18.4. The van der Waals surface area contributed by atoms with Crippen LogP contribution in [0.15, 0.2) is 29.3 Å². The summed E-state index contributed by atoms with van der Waals surface area (Å²) in [5, 5.41) is 6.80. The van der Waals surface area contributed by atoms with E-state index in [0.29, 0.717) is 5.92 Å². The predicted octanol–water partition coefficient (Wildman–Crippen LogP) is 2.52. The summed E-state index contributed by atoms with van der Waals surface area (Å²) >= 11 is 0. The Morgan fingerprint density at radius 3 is 2.88 bits per heavy atom. The molecule has 1 aromatic carbocycles. The molecule has 25 heavy (non-hydrogen) atoms. The molecule has 2 N–H and O–H groups in total. The van der Waals surface area contributed by atoms with Gasteiger partial charge < -0.3 is 20.3 Å². The molecule has 1 heterocycles. The summed E-state index contributed by atoms with van der Waals surface area (Å²) < 4.78 is 5.42. The molecular formula is C20H34N4O. The average Bonchev–Trinajstić information content (AvgIpc) is 3.08. The molecule has 2 rings (SSSR count). The molecule has 1 unspecified atom stereocenters. The van der Waals surface area contributed by atoms with Gasteiger partial charge in [-0.05, 0) is 56.8 Å². The number of para-hydroxylation sites is 1. The monoisotopic (exact) mass is 346 g/mol. The van der Waals surface area contributed by atoms with Crippen molar-refractivity contribution in [3.8, 4) is 5.75 Å². The van der Waals surface area contributed by atoms with Crippen molar-refractivity contribution in [1.29, 1.82) is 0 Å². The third-order valence-electron chi connectivity index (χ3n) is 4.64. The fourth-order valence-electron chi connectivity index (χ4n) is 3.37. The van der Waals surface area contributed by atoms with Crippen LogP contribution in [0.5, 0.6) is 5.75 Å². The van der Waals surface area contributed by atoms with Crippen LogP contribution >= 0.6 is 0 Å². The molecule has 1 fully saturated rings. The summed E-state index contributed by atoms with van der Waals surface area (Å²) in [6, 6.07) is 8.19. The number of aliphatic imine (C=N–C) groups is 1. The Kier molecular flexibility index (Phi) is 8.60. The van der Waals surface area contributed by atoms with Gasteiger partial charge in [0.15, 0.2) is 5.96 Å². The second kappa shape index (κ2) is 11.0. The third kappa shape index (κ3) is 6.58. The van der Waals surface area contributed by atoms with Gasteiger partial charge in [0, 0.05) is 26.2 Å². The number of methoxy groups -OCH3 is 1. The first kappa shape index (κ1) is 19.6. The maximum absolute atomic E-state index is 5.42. The zero-order chi connectivity index (χ0) is 17.9. The van der Waals surface area contributed by atoms with Crippen LogP contribution in [-0.4, -0.2) is 57.2 Å². The van der Waals surface area contributed by atoms with E-state index in [1.165, 1.54) is 38.0 Å². The minimum atomic E-state index is 0.691. The second-order valence-corrected chi connectivity index (χ2v) is 6.66. The Hall–Kier alpha value is -1.75. The summed E-state index contributed by atoms with van der Waals surface area (Å²) in [7, 11) is 1.72. The highest BCUT2D eigenvalue weighted by Gasteiger charge is 2.21. The first-order valence-corrected chi connectivity index (χ1v) is 9.63. The molecule has 140 valence electrons. The highest BCUT2D eigenvalue weighted by atomic mass is 16.5. The molecule has 1 aliphatic heterocycles. The molecule has 0 spiro atoms. The van der Waals surface area contributed by atoms with Crippen LogP contribution in [-0.2, 0) is 6.42 Å². The van der Waals surface area contributed by atoms with E-state index in [4.69, 9.17) is 9.73 Å². The molecule has 1 atom stereocenters. The second-order valence-electron chi connectivity index (χ2n) is 6.66. The number of hydrogen-bond donors (Lipinski definition) is 2. The summed E-state index contributed by atoms with van der Waals surface area (Å²) in [6.07, 6.45) is 3.43. The number of nitrogens with zero attached hydrogens (tertiary/aromatic N) is 2. The van der Waals surface area contributed by atoms with Gasteiger partial charge in [-0.2, -0.15) is 0 Å². The Labute approximate surface area is 152 Å². The van der Waals surface area contributed by atoms with Crippen molar-refractivity contribution >= 4 is 5.96 Å². The largest absolute Gasteiger partial charge is 0.496 e. The molecule has 0 aromatic heterocycles. The van der Waals surface area contributed by atoms with Gasteiger partial charge in [0.1, 0.15) is 5.75 Å². The summed E-state index contributed by atoms with van der Waals surface area (Å²) in [5.41, 5.74) is 1.22. The lowest BCUT2D eigenvalue weighted by Gasteiger charge is -2.15. The van der Waals surface area contributed by atoms with Gasteiger partial charge in [-0.1, -0.05) is 25.1 Å². The van der Waals surface area contributed by atoms with Gasteiger partial charge in [-0.25, -0.2) is 0 Å². The van der Waals surface area contributed by atoms with Crippen molar-refractivity contribution in [3.05, 3.63) is 29.8 Å². The van der Waals surface area contributed by atoms with Crippen molar-refractivity contribution < 1.29 is 4.74 Å². The number of hydrogen-bond acceptors (Lipinski definition) is 3. The SMILES string of the molecule is CCCN1CCC(CN=C(NCC)NCCc2ccccc2OC)C1. The van der Waals surface area contributed by atoms with Gasteiger partial charge in [0.25, 0.3) is 0 Å². The van der Waals surface area contributed by atoms with E-state index in [2.05, 4.69) is 41.5 Å². The van der Waals surface area contributed by atoms with Crippen LogP contribution in [0.2, 0.25) is 0 Å². The molecule has 0 amide bonds. The highest BCUT2D eigenvalue weighted by Crippen LogP contribution is 2.17. The van der Waals surface area contributed by atoms with Gasteiger partial charge in [0.2, 0.25) is 0 Å². The summed E-state index contributed by atoms with van der Waals surface area (Å²) in [6.45, 7) is 10.6. The molecule has 0 radical (unpaired) electrons. The lowest BCUT2D eigenvalue weighted by molar-refractivity contribution is 0.326. The van der Waals surface area contributed by atoms with Crippen molar-refractivity contribution in [2.45, 2.75) is 33.1 Å². The Morgan fingerprint density at radius 2 is 2.12 bits per heavy atom. The van der Waals surface area contributed by atoms with Crippen molar-refractivity contribution in [3.63, 3.8) is 0 Å². The first-order valence-electron chi connectivity index (χ1n) is 9.63.